The summed E-state index contributed by atoms with van der Waals surface area (Å²) in [5.41, 5.74) is -0.953. The third-order valence-electron chi connectivity index (χ3n) is 3.61. The number of halogens is 1. The van der Waals surface area contributed by atoms with Gasteiger partial charge < -0.3 is 15.4 Å². The lowest BCUT2D eigenvalue weighted by molar-refractivity contribution is -0.138. The van der Waals surface area contributed by atoms with Crippen molar-refractivity contribution < 1.29 is 27.0 Å². The smallest absolute Gasteiger partial charge is 0.333 e. The highest BCUT2D eigenvalue weighted by molar-refractivity contribution is 7.86. The molecule has 0 aliphatic heterocycles. The van der Waals surface area contributed by atoms with Gasteiger partial charge in [-0.2, -0.15) is 8.42 Å². The summed E-state index contributed by atoms with van der Waals surface area (Å²) in [6, 6.07) is 0.883. The van der Waals surface area contributed by atoms with Gasteiger partial charge in [-0.15, -0.1) is 3.89 Å². The minimum absolute atomic E-state index is 0.122. The van der Waals surface area contributed by atoms with Crippen LogP contribution in [-0.4, -0.2) is 35.9 Å². The first-order valence-corrected chi connectivity index (χ1v) is 7.78. The second kappa shape index (κ2) is 5.47. The van der Waals surface area contributed by atoms with E-state index in [0.29, 0.717) is 12.8 Å². The normalized spacial score (nSPS) is 17.6. The Hall–Kier alpha value is -1.90. The van der Waals surface area contributed by atoms with Crippen LogP contribution in [0.4, 0.5) is 3.89 Å². The van der Waals surface area contributed by atoms with Gasteiger partial charge in [-0.25, -0.2) is 0 Å². The fourth-order valence-corrected chi connectivity index (χ4v) is 3.10. The highest BCUT2D eigenvalue weighted by Gasteiger charge is 2.38. The Labute approximate surface area is 120 Å². The number of carbonyl (C=O) groups is 2. The SMILES string of the molecule is O=C(O)CC1(NC(=O)c2cc(S(=O)(=O)F)c[nH]2)CCCC1. The van der Waals surface area contributed by atoms with E-state index in [2.05, 4.69) is 10.3 Å². The van der Waals surface area contributed by atoms with Crippen molar-refractivity contribution in [2.24, 2.45) is 0 Å². The number of nitrogens with one attached hydrogen (secondary N) is 2. The Balaban J connectivity index is 2.16. The molecule has 3 N–H and O–H groups in total. The Kier molecular flexibility index (Phi) is 4.04. The molecular formula is C12H15FN2O5S. The van der Waals surface area contributed by atoms with Gasteiger partial charge in [0.1, 0.15) is 10.6 Å². The molecule has 1 saturated carbocycles. The van der Waals surface area contributed by atoms with Crippen molar-refractivity contribution >= 4 is 22.1 Å². The van der Waals surface area contributed by atoms with Crippen LogP contribution in [0, 0.1) is 0 Å². The van der Waals surface area contributed by atoms with Gasteiger partial charge in [0.2, 0.25) is 0 Å². The van der Waals surface area contributed by atoms with Crippen molar-refractivity contribution in [2.75, 3.05) is 0 Å². The zero-order valence-corrected chi connectivity index (χ0v) is 11.9. The van der Waals surface area contributed by atoms with Gasteiger partial charge in [0.25, 0.3) is 5.91 Å². The summed E-state index contributed by atoms with van der Waals surface area (Å²) in [5, 5.41) is 11.6. The van der Waals surface area contributed by atoms with Gasteiger partial charge in [0.05, 0.1) is 12.0 Å². The van der Waals surface area contributed by atoms with E-state index < -0.39 is 32.5 Å². The average molecular weight is 318 g/mol. The summed E-state index contributed by atoms with van der Waals surface area (Å²) in [6.07, 6.45) is 3.38. The van der Waals surface area contributed by atoms with Crippen molar-refractivity contribution in [2.45, 2.75) is 42.5 Å². The molecule has 0 aromatic carbocycles. The van der Waals surface area contributed by atoms with Gasteiger partial charge in [0, 0.05) is 6.20 Å². The quantitative estimate of drug-likeness (QED) is 0.705. The molecule has 1 aromatic rings. The maximum Gasteiger partial charge on any atom is 0.333 e. The largest absolute Gasteiger partial charge is 0.481 e. The topological polar surface area (TPSA) is 116 Å². The van der Waals surface area contributed by atoms with E-state index in [4.69, 9.17) is 5.11 Å². The third kappa shape index (κ3) is 3.60. The monoisotopic (exact) mass is 318 g/mol. The predicted molar refractivity (Wildman–Crippen MR) is 70.0 cm³/mol. The highest BCUT2D eigenvalue weighted by Crippen LogP contribution is 2.33. The first-order valence-electron chi connectivity index (χ1n) is 6.39. The first-order chi connectivity index (χ1) is 9.72. The van der Waals surface area contributed by atoms with Crippen LogP contribution in [0.25, 0.3) is 0 Å². The predicted octanol–water partition coefficient (Wildman–Crippen LogP) is 1.19. The molecule has 0 spiro atoms. The summed E-state index contributed by atoms with van der Waals surface area (Å²) < 4.78 is 34.2. The number of hydrogen-bond donors (Lipinski definition) is 3. The number of aromatic nitrogens is 1. The van der Waals surface area contributed by atoms with E-state index in [1.54, 1.807) is 0 Å². The lowest BCUT2D eigenvalue weighted by atomic mass is 9.93. The second-order valence-electron chi connectivity index (χ2n) is 5.20. The number of aliphatic carboxylic acids is 1. The molecule has 1 amide bonds. The second-order valence-corrected chi connectivity index (χ2v) is 6.55. The number of rotatable bonds is 5. The molecule has 0 unspecified atom stereocenters. The summed E-state index contributed by atoms with van der Waals surface area (Å²) in [4.78, 5) is 24.7. The van der Waals surface area contributed by atoms with Crippen LogP contribution in [-0.2, 0) is 15.0 Å². The summed E-state index contributed by atoms with van der Waals surface area (Å²) in [5.74, 6) is -1.66. The molecule has 1 aliphatic carbocycles. The number of carbonyl (C=O) groups excluding carboxylic acids is 1. The van der Waals surface area contributed by atoms with Gasteiger partial charge in [-0.05, 0) is 18.9 Å². The zero-order chi connectivity index (χ0) is 15.7. The maximum absolute atomic E-state index is 12.8. The van der Waals surface area contributed by atoms with Crippen LogP contribution >= 0.6 is 0 Å². The molecule has 0 atom stereocenters. The minimum Gasteiger partial charge on any atom is -0.481 e. The molecule has 7 nitrogen and oxygen atoms in total. The van der Waals surface area contributed by atoms with Gasteiger partial charge >= 0.3 is 16.2 Å². The standard InChI is InChI=1S/C12H15FN2O5S/c13-21(19,20)8-5-9(14-7-8)11(18)15-12(6-10(16)17)3-1-2-4-12/h5,7,14H,1-4,6H2,(H,15,18)(H,16,17). The molecule has 1 aromatic heterocycles. The van der Waals surface area contributed by atoms with E-state index in [9.17, 15) is 21.9 Å². The molecule has 0 bridgehead atoms. The Morgan fingerprint density at radius 1 is 1.38 bits per heavy atom. The fraction of sp³-hybridized carbons (Fsp3) is 0.500. The minimum atomic E-state index is -4.88. The molecule has 9 heteroatoms. The number of hydrogen-bond acceptors (Lipinski definition) is 4. The first kappa shape index (κ1) is 15.5. The number of carboxylic acid groups (broad SMARTS) is 1. The molecular weight excluding hydrogens is 303 g/mol. The maximum atomic E-state index is 12.8. The van der Waals surface area contributed by atoms with Crippen LogP contribution in [0.1, 0.15) is 42.6 Å². The lowest BCUT2D eigenvalue weighted by Crippen LogP contribution is -2.47. The van der Waals surface area contributed by atoms with E-state index in [-0.39, 0.29) is 12.1 Å². The van der Waals surface area contributed by atoms with Crippen molar-refractivity contribution in [3.05, 3.63) is 18.0 Å². The lowest BCUT2D eigenvalue weighted by Gasteiger charge is -2.28. The molecule has 21 heavy (non-hydrogen) atoms. The Morgan fingerprint density at radius 2 is 2.00 bits per heavy atom. The number of amides is 1. The van der Waals surface area contributed by atoms with Crippen LogP contribution in [0.2, 0.25) is 0 Å². The number of carboxylic acids is 1. The molecule has 1 heterocycles. The Morgan fingerprint density at radius 3 is 2.48 bits per heavy atom. The molecule has 0 saturated heterocycles. The van der Waals surface area contributed by atoms with Gasteiger partial charge in [-0.3, -0.25) is 9.59 Å². The molecule has 116 valence electrons. The molecule has 2 rings (SSSR count). The van der Waals surface area contributed by atoms with Crippen molar-refractivity contribution in [3.8, 4) is 0 Å². The van der Waals surface area contributed by atoms with Gasteiger partial charge in [0.15, 0.2) is 0 Å². The Bertz CT molecular complexity index is 661. The molecule has 0 radical (unpaired) electrons. The number of H-pyrrole nitrogens is 1. The van der Waals surface area contributed by atoms with E-state index >= 15 is 0 Å². The van der Waals surface area contributed by atoms with Gasteiger partial charge in [-0.1, -0.05) is 12.8 Å². The zero-order valence-electron chi connectivity index (χ0n) is 11.1. The van der Waals surface area contributed by atoms with E-state index in [0.717, 1.165) is 25.1 Å². The average Bonchev–Trinajstić information content (AvgIpc) is 2.95. The van der Waals surface area contributed by atoms with E-state index in [1.165, 1.54) is 0 Å². The molecule has 1 fully saturated rings. The van der Waals surface area contributed by atoms with Crippen LogP contribution in [0.3, 0.4) is 0 Å². The summed E-state index contributed by atoms with van der Waals surface area (Å²) in [6.45, 7) is 0. The third-order valence-corrected chi connectivity index (χ3v) is 4.41. The van der Waals surface area contributed by atoms with Crippen molar-refractivity contribution in [3.63, 3.8) is 0 Å². The van der Waals surface area contributed by atoms with Crippen LogP contribution in [0.15, 0.2) is 17.2 Å². The van der Waals surface area contributed by atoms with Crippen LogP contribution in [0.5, 0.6) is 0 Å². The fourth-order valence-electron chi connectivity index (χ4n) is 2.64. The van der Waals surface area contributed by atoms with Crippen molar-refractivity contribution in [1.29, 1.82) is 0 Å². The summed E-state index contributed by atoms with van der Waals surface area (Å²) >= 11 is 0. The van der Waals surface area contributed by atoms with E-state index in [1.807, 2.05) is 0 Å². The van der Waals surface area contributed by atoms with Crippen molar-refractivity contribution in [1.82, 2.24) is 10.3 Å². The summed E-state index contributed by atoms with van der Waals surface area (Å²) in [7, 11) is -4.88. The number of aromatic amines is 1. The highest BCUT2D eigenvalue weighted by atomic mass is 32.3. The molecule has 1 aliphatic rings. The van der Waals surface area contributed by atoms with Crippen LogP contribution < -0.4 is 5.32 Å².